The number of rotatable bonds is 6. The quantitative estimate of drug-likeness (QED) is 0.572. The second kappa shape index (κ2) is 6.54. The lowest BCUT2D eigenvalue weighted by molar-refractivity contribution is -0.118. The van der Waals surface area contributed by atoms with Crippen molar-refractivity contribution in [1.29, 1.82) is 0 Å². The Hall–Kier alpha value is -2.02. The predicted molar refractivity (Wildman–Crippen MR) is 59.4 cm³/mol. The highest BCUT2D eigenvalue weighted by Crippen LogP contribution is 2.02. The molecule has 0 bridgehead atoms. The largest absolute Gasteiger partial charge is 0.478 e. The molecular weight excluding hydrogens is 224 g/mol. The summed E-state index contributed by atoms with van der Waals surface area (Å²) in [6.45, 7) is 2.79. The zero-order valence-electron chi connectivity index (χ0n) is 9.43. The SMILES string of the molecule is CC(=O)NCCNCc1ncncc1C(=O)O. The molecule has 0 aliphatic rings. The number of nitrogens with one attached hydrogen (secondary N) is 2. The lowest BCUT2D eigenvalue weighted by atomic mass is 10.2. The van der Waals surface area contributed by atoms with Crippen LogP contribution in [0.3, 0.4) is 0 Å². The average molecular weight is 238 g/mol. The first-order valence-electron chi connectivity index (χ1n) is 5.08. The van der Waals surface area contributed by atoms with Gasteiger partial charge in [0.2, 0.25) is 5.91 Å². The molecule has 7 heteroatoms. The Bertz CT molecular complexity index is 408. The van der Waals surface area contributed by atoms with E-state index in [1.54, 1.807) is 0 Å². The topological polar surface area (TPSA) is 104 Å². The van der Waals surface area contributed by atoms with Crippen molar-refractivity contribution in [2.75, 3.05) is 13.1 Å². The number of hydrogen-bond donors (Lipinski definition) is 3. The van der Waals surface area contributed by atoms with Crippen molar-refractivity contribution < 1.29 is 14.7 Å². The molecule has 1 aromatic rings. The fourth-order valence-electron chi connectivity index (χ4n) is 1.21. The van der Waals surface area contributed by atoms with E-state index in [9.17, 15) is 9.59 Å². The van der Waals surface area contributed by atoms with Crippen LogP contribution in [0.1, 0.15) is 23.0 Å². The summed E-state index contributed by atoms with van der Waals surface area (Å²) in [4.78, 5) is 29.0. The number of aromatic nitrogens is 2. The van der Waals surface area contributed by atoms with Gasteiger partial charge in [0, 0.05) is 32.8 Å². The maximum atomic E-state index is 10.8. The van der Waals surface area contributed by atoms with Gasteiger partial charge in [-0.15, -0.1) is 0 Å². The van der Waals surface area contributed by atoms with Crippen LogP contribution in [-0.2, 0) is 11.3 Å². The summed E-state index contributed by atoms with van der Waals surface area (Å²) in [5.74, 6) is -1.15. The van der Waals surface area contributed by atoms with Crippen LogP contribution >= 0.6 is 0 Å². The summed E-state index contributed by atoms with van der Waals surface area (Å²) in [6.07, 6.45) is 2.57. The Morgan fingerprint density at radius 1 is 1.41 bits per heavy atom. The van der Waals surface area contributed by atoms with Gasteiger partial charge in [0.05, 0.1) is 5.69 Å². The summed E-state index contributed by atoms with van der Waals surface area (Å²) >= 11 is 0. The molecule has 0 aromatic carbocycles. The molecule has 0 unspecified atom stereocenters. The van der Waals surface area contributed by atoms with Gasteiger partial charge in [-0.1, -0.05) is 0 Å². The van der Waals surface area contributed by atoms with Crippen LogP contribution in [-0.4, -0.2) is 40.0 Å². The third-order valence-electron chi connectivity index (χ3n) is 1.99. The molecule has 1 heterocycles. The molecule has 0 spiro atoms. The molecule has 92 valence electrons. The number of carbonyl (C=O) groups is 2. The number of carboxylic acids is 1. The summed E-state index contributed by atoms with van der Waals surface area (Å²) in [6, 6.07) is 0. The molecule has 0 aliphatic heterocycles. The van der Waals surface area contributed by atoms with Gasteiger partial charge in [-0.3, -0.25) is 4.79 Å². The van der Waals surface area contributed by atoms with E-state index in [1.165, 1.54) is 19.4 Å². The Balaban J connectivity index is 2.41. The molecule has 17 heavy (non-hydrogen) atoms. The van der Waals surface area contributed by atoms with Gasteiger partial charge in [-0.05, 0) is 0 Å². The van der Waals surface area contributed by atoms with E-state index in [-0.39, 0.29) is 11.5 Å². The minimum absolute atomic E-state index is 0.0829. The number of nitrogens with zero attached hydrogens (tertiary/aromatic N) is 2. The van der Waals surface area contributed by atoms with E-state index in [4.69, 9.17) is 5.11 Å². The first-order valence-corrected chi connectivity index (χ1v) is 5.08. The average Bonchev–Trinajstić information content (AvgIpc) is 2.28. The first-order chi connectivity index (χ1) is 8.11. The minimum atomic E-state index is -1.05. The summed E-state index contributed by atoms with van der Waals surface area (Å²) in [5, 5.41) is 14.5. The van der Waals surface area contributed by atoms with Gasteiger partial charge in [0.15, 0.2) is 0 Å². The van der Waals surface area contributed by atoms with Crippen molar-refractivity contribution in [3.63, 3.8) is 0 Å². The van der Waals surface area contributed by atoms with E-state index in [0.717, 1.165) is 0 Å². The molecular formula is C10H14N4O3. The third kappa shape index (κ3) is 4.56. The minimum Gasteiger partial charge on any atom is -0.478 e. The van der Waals surface area contributed by atoms with Crippen molar-refractivity contribution in [2.24, 2.45) is 0 Å². The van der Waals surface area contributed by atoms with Crippen LogP contribution in [0.25, 0.3) is 0 Å². The molecule has 0 saturated heterocycles. The summed E-state index contributed by atoms with van der Waals surface area (Å²) in [7, 11) is 0. The number of aromatic carboxylic acids is 1. The predicted octanol–water partition coefficient (Wildman–Crippen LogP) is -0.599. The van der Waals surface area contributed by atoms with E-state index >= 15 is 0 Å². The van der Waals surface area contributed by atoms with Crippen LogP contribution in [0.2, 0.25) is 0 Å². The van der Waals surface area contributed by atoms with Crippen LogP contribution in [0.4, 0.5) is 0 Å². The Morgan fingerprint density at radius 2 is 2.18 bits per heavy atom. The second-order valence-corrected chi connectivity index (χ2v) is 3.35. The Kier molecular flexibility index (Phi) is 5.02. The van der Waals surface area contributed by atoms with Gasteiger partial charge in [-0.2, -0.15) is 0 Å². The lowest BCUT2D eigenvalue weighted by Crippen LogP contribution is -2.30. The highest BCUT2D eigenvalue weighted by Gasteiger charge is 2.10. The third-order valence-corrected chi connectivity index (χ3v) is 1.99. The van der Waals surface area contributed by atoms with Crippen molar-refractivity contribution in [3.8, 4) is 0 Å². The molecule has 0 aliphatic carbocycles. The maximum absolute atomic E-state index is 10.8. The number of amides is 1. The lowest BCUT2D eigenvalue weighted by Gasteiger charge is -2.06. The highest BCUT2D eigenvalue weighted by molar-refractivity contribution is 5.88. The first kappa shape index (κ1) is 13.0. The zero-order valence-corrected chi connectivity index (χ0v) is 9.43. The maximum Gasteiger partial charge on any atom is 0.339 e. The van der Waals surface area contributed by atoms with Crippen molar-refractivity contribution in [2.45, 2.75) is 13.5 Å². The van der Waals surface area contributed by atoms with E-state index < -0.39 is 5.97 Å². The van der Waals surface area contributed by atoms with Crippen LogP contribution in [0.5, 0.6) is 0 Å². The van der Waals surface area contributed by atoms with Gasteiger partial charge in [-0.25, -0.2) is 14.8 Å². The molecule has 0 saturated carbocycles. The Morgan fingerprint density at radius 3 is 2.82 bits per heavy atom. The van der Waals surface area contributed by atoms with Crippen molar-refractivity contribution in [3.05, 3.63) is 23.8 Å². The highest BCUT2D eigenvalue weighted by atomic mass is 16.4. The molecule has 0 atom stereocenters. The summed E-state index contributed by atoms with van der Waals surface area (Å²) < 4.78 is 0. The molecule has 1 rings (SSSR count). The zero-order chi connectivity index (χ0) is 12.7. The van der Waals surface area contributed by atoms with Gasteiger partial charge < -0.3 is 15.7 Å². The van der Waals surface area contributed by atoms with Crippen LogP contribution in [0.15, 0.2) is 12.5 Å². The van der Waals surface area contributed by atoms with E-state index in [2.05, 4.69) is 20.6 Å². The Labute approximate surface area is 98.3 Å². The van der Waals surface area contributed by atoms with Crippen molar-refractivity contribution in [1.82, 2.24) is 20.6 Å². The van der Waals surface area contributed by atoms with Crippen LogP contribution < -0.4 is 10.6 Å². The number of carbonyl (C=O) groups excluding carboxylic acids is 1. The molecule has 1 aromatic heterocycles. The smallest absolute Gasteiger partial charge is 0.339 e. The molecule has 0 radical (unpaired) electrons. The summed E-state index contributed by atoms with van der Waals surface area (Å²) in [5.41, 5.74) is 0.509. The molecule has 7 nitrogen and oxygen atoms in total. The van der Waals surface area contributed by atoms with Crippen LogP contribution in [0, 0.1) is 0 Å². The second-order valence-electron chi connectivity index (χ2n) is 3.35. The van der Waals surface area contributed by atoms with Gasteiger partial charge in [0.1, 0.15) is 11.9 Å². The molecule has 0 fully saturated rings. The fraction of sp³-hybridized carbons (Fsp3) is 0.400. The standard InChI is InChI=1S/C10H14N4O3/c1-7(15)13-3-2-11-5-9-8(10(16)17)4-12-6-14-9/h4,6,11H,2-3,5H2,1H3,(H,13,15)(H,16,17). The van der Waals surface area contributed by atoms with Gasteiger partial charge >= 0.3 is 5.97 Å². The number of hydrogen-bond acceptors (Lipinski definition) is 5. The normalized spacial score (nSPS) is 9.94. The monoisotopic (exact) mass is 238 g/mol. The number of carboxylic acid groups (broad SMARTS) is 1. The fourth-order valence-corrected chi connectivity index (χ4v) is 1.21. The molecule has 1 amide bonds. The van der Waals surface area contributed by atoms with Crippen molar-refractivity contribution >= 4 is 11.9 Å². The van der Waals surface area contributed by atoms with Gasteiger partial charge in [0.25, 0.3) is 0 Å². The van der Waals surface area contributed by atoms with E-state index in [1.807, 2.05) is 0 Å². The molecule has 3 N–H and O–H groups in total. The van der Waals surface area contributed by atoms with E-state index in [0.29, 0.717) is 25.3 Å².